The van der Waals surface area contributed by atoms with Gasteiger partial charge in [-0.25, -0.2) is 4.39 Å². The second-order valence-corrected chi connectivity index (χ2v) is 6.17. The average molecular weight is 336 g/mol. The van der Waals surface area contributed by atoms with Crippen molar-refractivity contribution in [2.45, 2.75) is 44.0 Å². The molecule has 0 aromatic heterocycles. The van der Waals surface area contributed by atoms with E-state index in [4.69, 9.17) is 9.47 Å². The molecule has 130 valence electrons. The van der Waals surface area contributed by atoms with Crippen LogP contribution in [0.25, 0.3) is 0 Å². The third-order valence-electron chi connectivity index (χ3n) is 4.35. The molecule has 0 unspecified atom stereocenters. The second kappa shape index (κ2) is 7.27. The first-order valence-corrected chi connectivity index (χ1v) is 8.23. The molecule has 1 aliphatic heterocycles. The average Bonchev–Trinajstić information content (AvgIpc) is 2.98. The minimum Gasteiger partial charge on any atom is -0.347 e. The van der Waals surface area contributed by atoms with Crippen LogP contribution >= 0.6 is 0 Å². The number of amides is 2. The molecule has 1 saturated heterocycles. The Morgan fingerprint density at radius 1 is 1.17 bits per heavy atom. The molecule has 6 nitrogen and oxygen atoms in total. The first kappa shape index (κ1) is 16.9. The number of hydrogen-bond donors (Lipinski definition) is 2. The van der Waals surface area contributed by atoms with E-state index in [0.29, 0.717) is 6.61 Å². The maximum Gasteiger partial charge on any atom is 0.313 e. The monoisotopic (exact) mass is 336 g/mol. The van der Waals surface area contributed by atoms with E-state index < -0.39 is 23.4 Å². The van der Waals surface area contributed by atoms with Gasteiger partial charge in [-0.3, -0.25) is 9.59 Å². The van der Waals surface area contributed by atoms with Gasteiger partial charge in [0, 0.05) is 19.4 Å². The van der Waals surface area contributed by atoms with Crippen LogP contribution in [0.5, 0.6) is 0 Å². The van der Waals surface area contributed by atoms with E-state index in [-0.39, 0.29) is 18.3 Å². The smallest absolute Gasteiger partial charge is 0.313 e. The van der Waals surface area contributed by atoms with Crippen molar-refractivity contribution in [2.24, 2.45) is 0 Å². The summed E-state index contributed by atoms with van der Waals surface area (Å²) >= 11 is 0. The van der Waals surface area contributed by atoms with E-state index in [9.17, 15) is 14.0 Å². The van der Waals surface area contributed by atoms with E-state index in [1.807, 2.05) is 0 Å². The number of rotatable bonds is 3. The summed E-state index contributed by atoms with van der Waals surface area (Å²) < 4.78 is 25.2. The zero-order valence-electron chi connectivity index (χ0n) is 13.3. The van der Waals surface area contributed by atoms with Crippen molar-refractivity contribution in [1.29, 1.82) is 0 Å². The molecule has 1 spiro atoms. The van der Waals surface area contributed by atoms with Crippen molar-refractivity contribution < 1.29 is 23.5 Å². The summed E-state index contributed by atoms with van der Waals surface area (Å²) in [7, 11) is 0. The molecule has 1 heterocycles. The molecule has 2 fully saturated rings. The molecule has 3 rings (SSSR count). The quantitative estimate of drug-likeness (QED) is 0.827. The van der Waals surface area contributed by atoms with Gasteiger partial charge in [0.1, 0.15) is 11.9 Å². The topological polar surface area (TPSA) is 76.7 Å². The van der Waals surface area contributed by atoms with Crippen molar-refractivity contribution in [3.05, 3.63) is 30.1 Å². The number of ether oxygens (including phenoxy) is 2. The Morgan fingerprint density at radius 2 is 1.92 bits per heavy atom. The fourth-order valence-corrected chi connectivity index (χ4v) is 3.10. The third-order valence-corrected chi connectivity index (χ3v) is 4.35. The van der Waals surface area contributed by atoms with Crippen molar-refractivity contribution in [3.63, 3.8) is 0 Å². The van der Waals surface area contributed by atoms with Gasteiger partial charge in [0.05, 0.1) is 12.3 Å². The molecular weight excluding hydrogens is 315 g/mol. The number of nitrogens with one attached hydrogen (secondary N) is 2. The zero-order chi connectivity index (χ0) is 17.0. The van der Waals surface area contributed by atoms with Crippen LogP contribution in [0.15, 0.2) is 24.3 Å². The van der Waals surface area contributed by atoms with Gasteiger partial charge in [-0.05, 0) is 25.0 Å². The predicted molar refractivity (Wildman–Crippen MR) is 84.7 cm³/mol. The van der Waals surface area contributed by atoms with Gasteiger partial charge in [-0.2, -0.15) is 0 Å². The highest BCUT2D eigenvalue weighted by Crippen LogP contribution is 2.37. The normalized spacial score (nSPS) is 22.3. The van der Waals surface area contributed by atoms with E-state index in [2.05, 4.69) is 10.6 Å². The van der Waals surface area contributed by atoms with E-state index in [0.717, 1.165) is 25.7 Å². The van der Waals surface area contributed by atoms with Gasteiger partial charge >= 0.3 is 11.8 Å². The van der Waals surface area contributed by atoms with Gasteiger partial charge in [0.15, 0.2) is 5.79 Å². The van der Waals surface area contributed by atoms with Crippen LogP contribution in [0.2, 0.25) is 0 Å². The van der Waals surface area contributed by atoms with Crippen LogP contribution in [0, 0.1) is 5.82 Å². The Labute approximate surface area is 139 Å². The predicted octanol–water partition coefficient (Wildman–Crippen LogP) is 1.96. The molecule has 0 radical (unpaired) electrons. The van der Waals surface area contributed by atoms with E-state index in [1.54, 1.807) is 6.07 Å². The number of hydrogen-bond acceptors (Lipinski definition) is 4. The Hall–Kier alpha value is -1.99. The van der Waals surface area contributed by atoms with Crippen LogP contribution in [0.1, 0.15) is 32.1 Å². The number of benzene rings is 1. The van der Waals surface area contributed by atoms with Crippen LogP contribution < -0.4 is 10.6 Å². The lowest BCUT2D eigenvalue weighted by Crippen LogP contribution is -2.41. The summed E-state index contributed by atoms with van der Waals surface area (Å²) in [6.45, 7) is 0.584. The molecule has 1 aromatic rings. The summed E-state index contributed by atoms with van der Waals surface area (Å²) in [5.41, 5.74) is -0.0285. The molecule has 1 atom stereocenters. The second-order valence-electron chi connectivity index (χ2n) is 6.17. The summed E-state index contributed by atoms with van der Waals surface area (Å²) in [5.74, 6) is -2.84. The minimum absolute atomic E-state index is 0.0285. The molecule has 2 amide bonds. The van der Waals surface area contributed by atoms with Gasteiger partial charge < -0.3 is 20.1 Å². The standard InChI is InChI=1S/C17H21FN2O4/c18-13-6-2-3-7-14(13)20-16(22)15(21)19-10-12-11-23-17(24-12)8-4-1-5-9-17/h2-3,6-7,12H,1,4-5,8-11H2,(H,19,21)(H,20,22)/t12-/m1/s1. The number of carbonyl (C=O) groups is 2. The number of para-hydroxylation sites is 1. The lowest BCUT2D eigenvalue weighted by atomic mass is 9.94. The molecule has 0 bridgehead atoms. The van der Waals surface area contributed by atoms with E-state index in [1.165, 1.54) is 24.6 Å². The lowest BCUT2D eigenvalue weighted by Gasteiger charge is -2.31. The Kier molecular flexibility index (Phi) is 5.11. The highest BCUT2D eigenvalue weighted by atomic mass is 19.1. The van der Waals surface area contributed by atoms with Crippen molar-refractivity contribution in [1.82, 2.24) is 5.32 Å². The van der Waals surface area contributed by atoms with Gasteiger partial charge in [-0.15, -0.1) is 0 Å². The molecular formula is C17H21FN2O4. The van der Waals surface area contributed by atoms with Crippen molar-refractivity contribution >= 4 is 17.5 Å². The minimum atomic E-state index is -0.911. The summed E-state index contributed by atoms with van der Waals surface area (Å²) in [6, 6.07) is 5.68. The fraction of sp³-hybridized carbons (Fsp3) is 0.529. The van der Waals surface area contributed by atoms with Crippen molar-refractivity contribution in [3.8, 4) is 0 Å². The molecule has 7 heteroatoms. The summed E-state index contributed by atoms with van der Waals surface area (Å²) in [5, 5.41) is 4.75. The summed E-state index contributed by atoms with van der Waals surface area (Å²) in [6.07, 6.45) is 4.80. The highest BCUT2D eigenvalue weighted by Gasteiger charge is 2.42. The first-order chi connectivity index (χ1) is 11.6. The molecule has 1 aliphatic carbocycles. The maximum absolute atomic E-state index is 13.5. The Balaban J connectivity index is 1.46. The molecule has 2 aliphatic rings. The zero-order valence-corrected chi connectivity index (χ0v) is 13.3. The third kappa shape index (κ3) is 3.91. The fourth-order valence-electron chi connectivity index (χ4n) is 3.10. The van der Waals surface area contributed by atoms with Gasteiger partial charge in [0.25, 0.3) is 0 Å². The first-order valence-electron chi connectivity index (χ1n) is 8.23. The van der Waals surface area contributed by atoms with Gasteiger partial charge in [0.2, 0.25) is 0 Å². The number of halogens is 1. The van der Waals surface area contributed by atoms with Crippen LogP contribution in [-0.2, 0) is 19.1 Å². The highest BCUT2D eigenvalue weighted by molar-refractivity contribution is 6.39. The van der Waals surface area contributed by atoms with E-state index >= 15 is 0 Å². The van der Waals surface area contributed by atoms with Crippen LogP contribution in [-0.4, -0.2) is 36.9 Å². The molecule has 1 saturated carbocycles. The molecule has 1 aromatic carbocycles. The Bertz CT molecular complexity index is 616. The molecule has 2 N–H and O–H groups in total. The van der Waals surface area contributed by atoms with Gasteiger partial charge in [-0.1, -0.05) is 18.6 Å². The van der Waals surface area contributed by atoms with Crippen LogP contribution in [0.3, 0.4) is 0 Å². The number of carbonyl (C=O) groups excluding carboxylic acids is 2. The molecule has 24 heavy (non-hydrogen) atoms. The van der Waals surface area contributed by atoms with Crippen molar-refractivity contribution in [2.75, 3.05) is 18.5 Å². The Morgan fingerprint density at radius 3 is 2.67 bits per heavy atom. The SMILES string of the molecule is O=C(NC[C@@H]1COC2(CCCCC2)O1)C(=O)Nc1ccccc1F. The maximum atomic E-state index is 13.5. The van der Waals surface area contributed by atoms with Crippen LogP contribution in [0.4, 0.5) is 10.1 Å². The summed E-state index contributed by atoms with van der Waals surface area (Å²) in [4.78, 5) is 23.6. The lowest BCUT2D eigenvalue weighted by molar-refractivity contribution is -0.186. The largest absolute Gasteiger partial charge is 0.347 e. The number of anilines is 1.